The summed E-state index contributed by atoms with van der Waals surface area (Å²) in [5.74, 6) is 0.839. The molecule has 1 amide bonds. The number of rotatable bonds is 3. The van der Waals surface area contributed by atoms with Gasteiger partial charge >= 0.3 is 0 Å². The van der Waals surface area contributed by atoms with Crippen molar-refractivity contribution < 1.29 is 4.79 Å². The number of aryl methyl sites for hydroxylation is 2. The van der Waals surface area contributed by atoms with Crippen LogP contribution in [0, 0.1) is 0 Å². The van der Waals surface area contributed by atoms with Gasteiger partial charge in [-0.25, -0.2) is 4.68 Å². The largest absolute Gasteiger partial charge is 0.288 e. The number of hydrogen-bond donors (Lipinski definition) is 1. The Hall–Kier alpha value is -3.62. The van der Waals surface area contributed by atoms with Crippen molar-refractivity contribution in [3.63, 3.8) is 0 Å². The van der Waals surface area contributed by atoms with Gasteiger partial charge in [-0.3, -0.25) is 19.8 Å². The molecule has 0 fully saturated rings. The van der Waals surface area contributed by atoms with Crippen LogP contribution in [0.4, 0.5) is 5.95 Å². The molecule has 1 N–H and O–H groups in total. The molecule has 9 nitrogen and oxygen atoms in total. The highest BCUT2D eigenvalue weighted by Gasteiger charge is 2.28. The van der Waals surface area contributed by atoms with Crippen LogP contribution in [-0.2, 0) is 13.6 Å². The Labute approximate surface area is 160 Å². The van der Waals surface area contributed by atoms with Crippen molar-refractivity contribution in [3.8, 4) is 0 Å². The number of benzene rings is 1. The summed E-state index contributed by atoms with van der Waals surface area (Å²) in [7, 11) is 1.71. The first-order valence-corrected chi connectivity index (χ1v) is 9.15. The molecule has 1 unspecified atom stereocenters. The fourth-order valence-corrected chi connectivity index (χ4v) is 3.72. The third-order valence-electron chi connectivity index (χ3n) is 4.97. The summed E-state index contributed by atoms with van der Waals surface area (Å²) in [6, 6.07) is 10.2. The van der Waals surface area contributed by atoms with Crippen molar-refractivity contribution in [1.29, 1.82) is 0 Å². The van der Waals surface area contributed by atoms with Crippen LogP contribution in [0.2, 0.25) is 0 Å². The van der Waals surface area contributed by atoms with E-state index >= 15 is 0 Å². The molecule has 1 aromatic carbocycles. The third kappa shape index (κ3) is 2.81. The SMILES string of the molecule is Cn1cc(C(=O)Nc2nc3n(n2)CCCC3c2cccc3cccnc23)nn1. The number of carbonyl (C=O) groups is 1. The van der Waals surface area contributed by atoms with Crippen LogP contribution < -0.4 is 5.32 Å². The molecule has 0 radical (unpaired) electrons. The molecule has 0 bridgehead atoms. The van der Waals surface area contributed by atoms with E-state index in [9.17, 15) is 4.79 Å². The smallest absolute Gasteiger partial charge is 0.280 e. The van der Waals surface area contributed by atoms with Crippen LogP contribution >= 0.6 is 0 Å². The second-order valence-electron chi connectivity index (χ2n) is 6.87. The molecule has 0 aliphatic carbocycles. The number of nitrogens with one attached hydrogen (secondary N) is 1. The molecule has 0 spiro atoms. The van der Waals surface area contributed by atoms with Crippen molar-refractivity contribution in [2.24, 2.45) is 7.05 Å². The van der Waals surface area contributed by atoms with Gasteiger partial charge in [-0.1, -0.05) is 29.5 Å². The van der Waals surface area contributed by atoms with Crippen LogP contribution in [-0.4, -0.2) is 40.6 Å². The van der Waals surface area contributed by atoms with Gasteiger partial charge in [0, 0.05) is 31.1 Å². The first-order valence-electron chi connectivity index (χ1n) is 9.15. The Balaban J connectivity index is 1.49. The minimum absolute atomic E-state index is 0.0852. The topological polar surface area (TPSA) is 103 Å². The van der Waals surface area contributed by atoms with Gasteiger partial charge in [0.15, 0.2) is 5.69 Å². The highest BCUT2D eigenvalue weighted by atomic mass is 16.2. The van der Waals surface area contributed by atoms with E-state index in [2.05, 4.69) is 48.9 Å². The molecule has 0 saturated heterocycles. The van der Waals surface area contributed by atoms with Crippen LogP contribution in [0.15, 0.2) is 42.7 Å². The molecule has 0 saturated carbocycles. The molecule has 5 rings (SSSR count). The van der Waals surface area contributed by atoms with E-state index in [0.717, 1.165) is 41.7 Å². The van der Waals surface area contributed by atoms with Crippen LogP contribution in [0.25, 0.3) is 10.9 Å². The standard InChI is InChI=1S/C19H18N8O/c1-26-11-15(23-25-26)18(28)22-19-21-17-14(8-4-10-27(17)24-19)13-7-2-5-12-6-3-9-20-16(12)13/h2-3,5-7,9,11,14H,4,8,10H2,1H3,(H,22,24,28). The first-order chi connectivity index (χ1) is 13.7. The maximum absolute atomic E-state index is 12.3. The summed E-state index contributed by atoms with van der Waals surface area (Å²) in [6.07, 6.45) is 5.32. The number of carbonyl (C=O) groups excluding carboxylic acids is 1. The molecule has 4 aromatic rings. The molecule has 140 valence electrons. The number of hydrogen-bond acceptors (Lipinski definition) is 6. The highest BCUT2D eigenvalue weighted by Crippen LogP contribution is 2.35. The average Bonchev–Trinajstić information content (AvgIpc) is 3.33. The third-order valence-corrected chi connectivity index (χ3v) is 4.97. The van der Waals surface area contributed by atoms with E-state index in [1.54, 1.807) is 13.2 Å². The highest BCUT2D eigenvalue weighted by molar-refractivity contribution is 6.01. The summed E-state index contributed by atoms with van der Waals surface area (Å²) in [4.78, 5) is 21.5. The summed E-state index contributed by atoms with van der Waals surface area (Å²) in [5, 5.41) is 15.9. The van der Waals surface area contributed by atoms with Gasteiger partial charge in [0.25, 0.3) is 5.91 Å². The zero-order chi connectivity index (χ0) is 19.1. The van der Waals surface area contributed by atoms with Crippen molar-refractivity contribution in [2.75, 3.05) is 5.32 Å². The van der Waals surface area contributed by atoms with E-state index in [0.29, 0.717) is 0 Å². The van der Waals surface area contributed by atoms with Gasteiger partial charge in [-0.2, -0.15) is 4.98 Å². The molecule has 1 aliphatic heterocycles. The normalized spacial score (nSPS) is 16.1. The lowest BCUT2D eigenvalue weighted by Gasteiger charge is -2.23. The Morgan fingerprint density at radius 2 is 2.14 bits per heavy atom. The van der Waals surface area contributed by atoms with Crippen LogP contribution in [0.5, 0.6) is 0 Å². The van der Waals surface area contributed by atoms with Crippen molar-refractivity contribution in [3.05, 3.63) is 59.8 Å². The van der Waals surface area contributed by atoms with Gasteiger partial charge in [-0.05, 0) is 24.5 Å². The van der Waals surface area contributed by atoms with Gasteiger partial charge in [0.05, 0.1) is 11.7 Å². The van der Waals surface area contributed by atoms with Crippen LogP contribution in [0.1, 0.15) is 40.6 Å². The summed E-state index contributed by atoms with van der Waals surface area (Å²) in [5.41, 5.74) is 2.35. The van der Waals surface area contributed by atoms with E-state index in [-0.39, 0.29) is 23.5 Å². The molecule has 4 heterocycles. The summed E-state index contributed by atoms with van der Waals surface area (Å²) >= 11 is 0. The molecule has 3 aromatic heterocycles. The first kappa shape index (κ1) is 16.5. The number of amides is 1. The van der Waals surface area contributed by atoms with Gasteiger partial charge in [-0.15, -0.1) is 10.2 Å². The zero-order valence-corrected chi connectivity index (χ0v) is 15.3. The molecule has 1 aliphatic rings. The second-order valence-corrected chi connectivity index (χ2v) is 6.87. The van der Waals surface area contributed by atoms with Gasteiger partial charge in [0.1, 0.15) is 5.82 Å². The van der Waals surface area contributed by atoms with E-state index < -0.39 is 0 Å². The number of para-hydroxylation sites is 1. The van der Waals surface area contributed by atoms with E-state index in [1.807, 2.05) is 23.0 Å². The number of anilines is 1. The maximum atomic E-state index is 12.3. The molecule has 28 heavy (non-hydrogen) atoms. The van der Waals surface area contributed by atoms with E-state index in [1.165, 1.54) is 4.68 Å². The zero-order valence-electron chi connectivity index (χ0n) is 15.3. The minimum Gasteiger partial charge on any atom is -0.288 e. The van der Waals surface area contributed by atoms with Crippen LogP contribution in [0.3, 0.4) is 0 Å². The lowest BCUT2D eigenvalue weighted by molar-refractivity contribution is 0.102. The van der Waals surface area contributed by atoms with Crippen molar-refractivity contribution >= 4 is 22.8 Å². The Bertz CT molecular complexity index is 1170. The predicted molar refractivity (Wildman–Crippen MR) is 102 cm³/mol. The average molecular weight is 374 g/mol. The lowest BCUT2D eigenvalue weighted by Crippen LogP contribution is -2.18. The Morgan fingerprint density at radius 1 is 1.25 bits per heavy atom. The fraction of sp³-hybridized carbons (Fsp3) is 0.263. The molecule has 1 atom stereocenters. The Kier molecular flexibility index (Phi) is 3.85. The van der Waals surface area contributed by atoms with Crippen molar-refractivity contribution in [2.45, 2.75) is 25.3 Å². The number of fused-ring (bicyclic) bond motifs is 2. The predicted octanol–water partition coefficient (Wildman–Crippen LogP) is 2.13. The summed E-state index contributed by atoms with van der Waals surface area (Å²) in [6.45, 7) is 0.776. The van der Waals surface area contributed by atoms with Gasteiger partial charge < -0.3 is 0 Å². The fourth-order valence-electron chi connectivity index (χ4n) is 3.72. The Morgan fingerprint density at radius 3 is 3.00 bits per heavy atom. The monoisotopic (exact) mass is 374 g/mol. The summed E-state index contributed by atoms with van der Waals surface area (Å²) < 4.78 is 3.35. The molecular weight excluding hydrogens is 356 g/mol. The molecular formula is C19H18N8O. The van der Waals surface area contributed by atoms with Gasteiger partial charge in [0.2, 0.25) is 5.95 Å². The number of nitrogens with zero attached hydrogens (tertiary/aromatic N) is 7. The maximum Gasteiger partial charge on any atom is 0.280 e. The van der Waals surface area contributed by atoms with Crippen molar-refractivity contribution in [1.82, 2.24) is 34.7 Å². The lowest BCUT2D eigenvalue weighted by atomic mass is 9.89. The quantitative estimate of drug-likeness (QED) is 0.589. The minimum atomic E-state index is -0.376. The number of aromatic nitrogens is 7. The second kappa shape index (κ2) is 6.52. The van der Waals surface area contributed by atoms with E-state index in [4.69, 9.17) is 0 Å². The molecule has 9 heteroatoms. The number of pyridine rings is 1.